The highest BCUT2D eigenvalue weighted by molar-refractivity contribution is 5.67. The van der Waals surface area contributed by atoms with Gasteiger partial charge in [-0.25, -0.2) is 4.98 Å². The molecule has 28 heavy (non-hydrogen) atoms. The molecular formula is C23H25NO4. The van der Waals surface area contributed by atoms with Crippen molar-refractivity contribution in [3.05, 3.63) is 41.5 Å². The van der Waals surface area contributed by atoms with E-state index >= 15 is 0 Å². The van der Waals surface area contributed by atoms with Gasteiger partial charge in [0, 0.05) is 29.2 Å². The molecule has 2 aliphatic rings. The summed E-state index contributed by atoms with van der Waals surface area (Å²) in [6.07, 6.45) is 2.42. The molecule has 0 unspecified atom stereocenters. The van der Waals surface area contributed by atoms with Crippen LogP contribution in [0.3, 0.4) is 0 Å². The van der Waals surface area contributed by atoms with Crippen molar-refractivity contribution in [1.82, 2.24) is 4.98 Å². The van der Waals surface area contributed by atoms with Gasteiger partial charge in [0.15, 0.2) is 0 Å². The van der Waals surface area contributed by atoms with Crippen molar-refractivity contribution < 1.29 is 18.9 Å². The zero-order chi connectivity index (χ0) is 19.3. The van der Waals surface area contributed by atoms with Crippen LogP contribution in [0.2, 0.25) is 0 Å². The van der Waals surface area contributed by atoms with E-state index in [2.05, 4.69) is 35.9 Å². The molecule has 146 valence electrons. The van der Waals surface area contributed by atoms with Crippen LogP contribution in [-0.2, 0) is 9.47 Å². The van der Waals surface area contributed by atoms with Gasteiger partial charge in [0.1, 0.15) is 18.5 Å². The van der Waals surface area contributed by atoms with Crippen LogP contribution in [0.4, 0.5) is 0 Å². The maximum atomic E-state index is 5.94. The van der Waals surface area contributed by atoms with Crippen molar-refractivity contribution in [3.8, 4) is 34.7 Å². The molecule has 0 spiro atoms. The predicted molar refractivity (Wildman–Crippen MR) is 107 cm³/mol. The average Bonchev–Trinajstić information content (AvgIpc) is 3.56. The van der Waals surface area contributed by atoms with Gasteiger partial charge in [0.05, 0.1) is 32.6 Å². The number of methoxy groups -OCH3 is 1. The van der Waals surface area contributed by atoms with Gasteiger partial charge in [0.2, 0.25) is 5.88 Å². The van der Waals surface area contributed by atoms with E-state index in [0.717, 1.165) is 22.4 Å². The monoisotopic (exact) mass is 379 g/mol. The zero-order valence-electron chi connectivity index (χ0n) is 16.4. The summed E-state index contributed by atoms with van der Waals surface area (Å²) < 4.78 is 22.4. The molecule has 0 N–H and O–H groups in total. The molecule has 4 rings (SSSR count). The number of ether oxygens (including phenoxy) is 4. The molecule has 0 radical (unpaired) electrons. The van der Waals surface area contributed by atoms with E-state index < -0.39 is 0 Å². The molecule has 0 bridgehead atoms. The van der Waals surface area contributed by atoms with E-state index in [4.69, 9.17) is 18.9 Å². The van der Waals surface area contributed by atoms with Crippen molar-refractivity contribution >= 4 is 0 Å². The van der Waals surface area contributed by atoms with Crippen LogP contribution in [0.5, 0.6) is 11.6 Å². The van der Waals surface area contributed by atoms with Crippen molar-refractivity contribution in [2.24, 2.45) is 5.92 Å². The van der Waals surface area contributed by atoms with Crippen molar-refractivity contribution in [1.29, 1.82) is 0 Å². The lowest BCUT2D eigenvalue weighted by Gasteiger charge is -2.23. The smallest absolute Gasteiger partial charge is 0.217 e. The Morgan fingerprint density at radius 2 is 2.07 bits per heavy atom. The van der Waals surface area contributed by atoms with E-state index in [1.807, 2.05) is 12.1 Å². The topological polar surface area (TPSA) is 49.8 Å². The molecule has 1 aliphatic heterocycles. The highest BCUT2D eigenvalue weighted by Crippen LogP contribution is 2.30. The first kappa shape index (κ1) is 18.8. The molecule has 1 aromatic carbocycles. The first-order valence-electron chi connectivity index (χ1n) is 9.72. The number of pyridine rings is 1. The highest BCUT2D eigenvalue weighted by Gasteiger charge is 2.18. The fourth-order valence-corrected chi connectivity index (χ4v) is 3.07. The van der Waals surface area contributed by atoms with Gasteiger partial charge >= 0.3 is 0 Å². The van der Waals surface area contributed by atoms with E-state index in [-0.39, 0.29) is 6.10 Å². The van der Waals surface area contributed by atoms with Gasteiger partial charge in [-0.3, -0.25) is 0 Å². The molecule has 0 amide bonds. The van der Waals surface area contributed by atoms with Crippen LogP contribution >= 0.6 is 0 Å². The molecule has 1 aromatic heterocycles. The number of aromatic nitrogens is 1. The van der Waals surface area contributed by atoms with Gasteiger partial charge in [-0.05, 0) is 37.5 Å². The molecule has 1 atom stereocenters. The maximum absolute atomic E-state index is 5.94. The summed E-state index contributed by atoms with van der Waals surface area (Å²) in [5, 5.41) is 0. The normalized spacial score (nSPS) is 18.9. The first-order valence-corrected chi connectivity index (χ1v) is 9.72. The zero-order valence-corrected chi connectivity index (χ0v) is 16.4. The first-order chi connectivity index (χ1) is 13.7. The van der Waals surface area contributed by atoms with Gasteiger partial charge in [-0.1, -0.05) is 17.9 Å². The Labute approximate surface area is 166 Å². The summed E-state index contributed by atoms with van der Waals surface area (Å²) >= 11 is 0. The van der Waals surface area contributed by atoms with Crippen molar-refractivity contribution in [3.63, 3.8) is 0 Å². The SMILES string of the molecule is COc1cc(OC[C@H]2COCCO2)cc(-c2ccc(C#CC3CC3)cc2C)n1. The van der Waals surface area contributed by atoms with Crippen LogP contribution < -0.4 is 9.47 Å². The minimum atomic E-state index is -0.0533. The fraction of sp³-hybridized carbons (Fsp3) is 0.435. The molecule has 1 saturated carbocycles. The van der Waals surface area contributed by atoms with Crippen molar-refractivity contribution in [2.75, 3.05) is 33.5 Å². The predicted octanol–water partition coefficient (Wildman–Crippen LogP) is 3.62. The second-order valence-electron chi connectivity index (χ2n) is 7.18. The summed E-state index contributed by atoms with van der Waals surface area (Å²) in [4.78, 5) is 4.60. The third-order valence-corrected chi connectivity index (χ3v) is 4.81. The number of nitrogens with zero attached hydrogens (tertiary/aromatic N) is 1. The van der Waals surface area contributed by atoms with Gasteiger partial charge in [-0.15, -0.1) is 0 Å². The minimum absolute atomic E-state index is 0.0533. The number of benzene rings is 1. The lowest BCUT2D eigenvalue weighted by molar-refractivity contribution is -0.101. The summed E-state index contributed by atoms with van der Waals surface area (Å²) in [5.74, 6) is 8.39. The number of hydrogen-bond donors (Lipinski definition) is 0. The molecule has 1 aliphatic carbocycles. The Bertz CT molecular complexity index is 889. The largest absolute Gasteiger partial charge is 0.491 e. The second kappa shape index (κ2) is 8.64. The molecule has 5 nitrogen and oxygen atoms in total. The maximum Gasteiger partial charge on any atom is 0.217 e. The molecule has 5 heteroatoms. The third kappa shape index (κ3) is 4.83. The Morgan fingerprint density at radius 1 is 1.18 bits per heavy atom. The van der Waals surface area contributed by atoms with E-state index in [9.17, 15) is 0 Å². The Balaban J connectivity index is 1.53. The quantitative estimate of drug-likeness (QED) is 0.743. The highest BCUT2D eigenvalue weighted by atomic mass is 16.6. The van der Waals surface area contributed by atoms with Gasteiger partial charge < -0.3 is 18.9 Å². The number of hydrogen-bond acceptors (Lipinski definition) is 5. The molecule has 2 heterocycles. The lowest BCUT2D eigenvalue weighted by Crippen LogP contribution is -2.33. The van der Waals surface area contributed by atoms with Crippen molar-refractivity contribution in [2.45, 2.75) is 25.9 Å². The Kier molecular flexibility index (Phi) is 5.80. The Hall–Kier alpha value is -2.55. The molecule has 2 fully saturated rings. The standard InChI is InChI=1S/C23H25NO4/c1-16-11-18(6-5-17-3-4-17)7-8-21(16)22-12-19(13-23(24-22)25-2)28-15-20-14-26-9-10-27-20/h7-8,11-13,17,20H,3-4,9-10,14-15H2,1-2H3/t20-/m1/s1. The van der Waals surface area contributed by atoms with Crippen LogP contribution in [0, 0.1) is 24.7 Å². The van der Waals surface area contributed by atoms with Crippen LogP contribution in [0.15, 0.2) is 30.3 Å². The summed E-state index contributed by atoms with van der Waals surface area (Å²) in [5.41, 5.74) is 4.02. The van der Waals surface area contributed by atoms with Gasteiger partial charge in [0.25, 0.3) is 0 Å². The summed E-state index contributed by atoms with van der Waals surface area (Å²) in [7, 11) is 1.61. The lowest BCUT2D eigenvalue weighted by atomic mass is 10.0. The van der Waals surface area contributed by atoms with Crippen LogP contribution in [-0.4, -0.2) is 44.6 Å². The minimum Gasteiger partial charge on any atom is -0.491 e. The van der Waals surface area contributed by atoms with Gasteiger partial charge in [-0.2, -0.15) is 0 Å². The number of rotatable bonds is 5. The average molecular weight is 379 g/mol. The van der Waals surface area contributed by atoms with E-state index in [1.165, 1.54) is 12.8 Å². The summed E-state index contributed by atoms with van der Waals surface area (Å²) in [6.45, 7) is 4.31. The van der Waals surface area contributed by atoms with Crippen LogP contribution in [0.25, 0.3) is 11.3 Å². The fourth-order valence-electron chi connectivity index (χ4n) is 3.07. The third-order valence-electron chi connectivity index (χ3n) is 4.81. The van der Waals surface area contributed by atoms with E-state index in [0.29, 0.717) is 44.0 Å². The summed E-state index contributed by atoms with van der Waals surface area (Å²) in [6, 6.07) is 9.95. The second-order valence-corrected chi connectivity index (χ2v) is 7.18. The molecule has 1 saturated heterocycles. The molecule has 2 aromatic rings. The number of aryl methyl sites for hydroxylation is 1. The molecular weight excluding hydrogens is 354 g/mol. The van der Waals surface area contributed by atoms with E-state index in [1.54, 1.807) is 13.2 Å². The van der Waals surface area contributed by atoms with Crippen LogP contribution in [0.1, 0.15) is 24.0 Å². The Morgan fingerprint density at radius 3 is 2.79 bits per heavy atom.